The van der Waals surface area contributed by atoms with Crippen LogP contribution in [0.3, 0.4) is 0 Å². The molecule has 1 nitrogen and oxygen atoms in total. The van der Waals surface area contributed by atoms with Gasteiger partial charge in [-0.1, -0.05) is 13.8 Å². The van der Waals surface area contributed by atoms with Crippen LogP contribution in [0.5, 0.6) is 0 Å². The van der Waals surface area contributed by atoms with Gasteiger partial charge >= 0.3 is 32.7 Å². The molecule has 4 heteroatoms. The molecule has 0 amide bonds. The summed E-state index contributed by atoms with van der Waals surface area (Å²) in [6.45, 7) is 8.08. The zero-order valence-corrected chi connectivity index (χ0v) is 17.3. The molecule has 0 aliphatic rings. The van der Waals surface area contributed by atoms with Gasteiger partial charge in [0.1, 0.15) is 0 Å². The monoisotopic (exact) mass is 395 g/mol. The molecule has 0 saturated heterocycles. The Morgan fingerprint density at radius 3 is 1.17 bits per heavy atom. The van der Waals surface area contributed by atoms with E-state index in [1.54, 1.807) is 4.90 Å². The van der Waals surface area contributed by atoms with Gasteiger partial charge in [0.2, 0.25) is 0 Å². The van der Waals surface area contributed by atoms with E-state index >= 15 is 0 Å². The second-order valence-electron chi connectivity index (χ2n) is 2.26. The van der Waals surface area contributed by atoms with E-state index in [0.29, 0.717) is 6.04 Å². The van der Waals surface area contributed by atoms with Crippen molar-refractivity contribution in [2.45, 2.75) is 33.7 Å². The molecule has 0 unspecified atom stereocenters. The number of rotatable bonds is 1. The van der Waals surface area contributed by atoms with Crippen molar-refractivity contribution in [3.8, 4) is 0 Å². The van der Waals surface area contributed by atoms with Crippen molar-refractivity contribution in [1.29, 1.82) is 0 Å². The summed E-state index contributed by atoms with van der Waals surface area (Å²) in [5, 5.41) is 0. The molecule has 2 radical (unpaired) electrons. The number of hydrogen-bond acceptors (Lipinski definition) is 1. The van der Waals surface area contributed by atoms with Crippen LogP contribution in [0.2, 0.25) is 0 Å². The van der Waals surface area contributed by atoms with Gasteiger partial charge in [0.25, 0.3) is 0 Å². The maximum Gasteiger partial charge on any atom is 3.00 e. The van der Waals surface area contributed by atoms with Crippen LogP contribution >= 0.6 is 0 Å². The van der Waals surface area contributed by atoms with E-state index in [2.05, 4.69) is 14.1 Å². The smallest absolute Gasteiger partial charge is 0.608 e. The summed E-state index contributed by atoms with van der Waals surface area (Å²) in [4.78, 5) is 1.67. The average molecular weight is 395 g/mol. The maximum atomic E-state index is 3.56. The van der Waals surface area contributed by atoms with Crippen LogP contribution in [0, 0.1) is 20.5 Å². The van der Waals surface area contributed by atoms with Crippen LogP contribution in [-0.2, 0) is 98.1 Å². The van der Waals surface area contributed by atoms with E-state index in [9.17, 15) is 0 Å². The molecule has 0 atom stereocenters. The van der Waals surface area contributed by atoms with Crippen molar-refractivity contribution >= 4 is 0 Å². The Morgan fingerprint density at radius 2 is 1.17 bits per heavy atom. The summed E-state index contributed by atoms with van der Waals surface area (Å²) in [5.74, 6) is 0. The predicted molar refractivity (Wildman–Crippen MR) is 43.3 cm³/mol. The molecular weight excluding hydrogens is 377 g/mol. The molecule has 0 spiro atoms. The number of hydrogen-bond donors (Lipinski definition) is 0. The molecule has 0 heterocycles. The van der Waals surface area contributed by atoms with E-state index in [-0.39, 0.29) is 98.1 Å². The zero-order valence-electron chi connectivity index (χ0n) is 8.75. The first-order valence-electron chi connectivity index (χ1n) is 3.20. The van der Waals surface area contributed by atoms with Gasteiger partial charge in [-0.2, -0.15) is 13.8 Å². The Morgan fingerprint density at radius 1 is 1.08 bits per heavy atom. The topological polar surface area (TPSA) is 3.24 Å². The van der Waals surface area contributed by atoms with Gasteiger partial charge < -0.3 is 25.4 Å². The van der Waals surface area contributed by atoms with Crippen LogP contribution < -0.4 is 0 Å². The molecule has 0 N–H and O–H groups in total. The van der Waals surface area contributed by atoms with Crippen molar-refractivity contribution in [1.82, 2.24) is 4.90 Å². The van der Waals surface area contributed by atoms with Gasteiger partial charge in [-0.3, -0.25) is 0 Å². The molecule has 0 aromatic heterocycles. The Bertz CT molecular complexity index is 43.6. The minimum absolute atomic E-state index is 0. The van der Waals surface area contributed by atoms with Gasteiger partial charge in [-0.25, -0.2) is 0 Å². The third kappa shape index (κ3) is 37.8. The van der Waals surface area contributed by atoms with E-state index < -0.39 is 0 Å². The van der Waals surface area contributed by atoms with E-state index in [4.69, 9.17) is 0 Å². The first kappa shape index (κ1) is 29.5. The summed E-state index contributed by atoms with van der Waals surface area (Å²) in [5.41, 5.74) is 0. The van der Waals surface area contributed by atoms with Crippen molar-refractivity contribution in [2.75, 3.05) is 0 Å². The van der Waals surface area contributed by atoms with Gasteiger partial charge in [-0.05, 0) is 6.04 Å². The third-order valence-corrected chi connectivity index (χ3v) is 0.730. The van der Waals surface area contributed by atoms with Crippen LogP contribution in [-0.4, -0.2) is 10.9 Å². The van der Waals surface area contributed by atoms with Gasteiger partial charge in [-0.15, -0.1) is 0 Å². The van der Waals surface area contributed by atoms with Crippen LogP contribution in [0.25, 0.3) is 0 Å². The molecule has 0 aliphatic carbocycles. The molecule has 0 rings (SSSR count). The normalized spacial score (nSPS) is 7.00. The van der Waals surface area contributed by atoms with Crippen molar-refractivity contribution in [3.63, 3.8) is 0 Å². The fourth-order valence-corrected chi connectivity index (χ4v) is 0. The van der Waals surface area contributed by atoms with Crippen LogP contribution in [0.1, 0.15) is 27.7 Å². The maximum absolute atomic E-state index is 3.56. The summed E-state index contributed by atoms with van der Waals surface area (Å²) < 4.78 is 0. The van der Waals surface area contributed by atoms with E-state index in [1.165, 1.54) is 0 Å². The molecular formula is C8H18NY3. The Hall–Kier alpha value is 3.27. The zero-order chi connectivity index (χ0) is 7.86. The molecule has 0 aromatic rings. The van der Waals surface area contributed by atoms with E-state index in [0.717, 1.165) is 0 Å². The second kappa shape index (κ2) is 23.8. The molecule has 0 bridgehead atoms. The van der Waals surface area contributed by atoms with Gasteiger partial charge in [0.05, 0.1) is 0 Å². The fraction of sp³-hybridized carbons (Fsp3) is 0.625. The summed E-state index contributed by atoms with van der Waals surface area (Å²) in [6, 6.07) is 0.463. The van der Waals surface area contributed by atoms with Crippen LogP contribution in [0.15, 0.2) is 0 Å². The molecule has 12 heavy (non-hydrogen) atoms. The second-order valence-corrected chi connectivity index (χ2v) is 2.26. The molecule has 0 saturated carbocycles. The molecule has 0 aromatic carbocycles. The van der Waals surface area contributed by atoms with Crippen molar-refractivity contribution in [3.05, 3.63) is 20.5 Å². The Labute approximate surface area is 154 Å². The molecule has 0 aliphatic heterocycles. The summed E-state index contributed by atoms with van der Waals surface area (Å²) in [7, 11) is 7.12. The summed E-state index contributed by atoms with van der Waals surface area (Å²) >= 11 is 0. The molecule has 64 valence electrons. The minimum Gasteiger partial charge on any atom is -0.608 e. The van der Waals surface area contributed by atoms with Crippen molar-refractivity contribution in [2.24, 2.45) is 0 Å². The predicted octanol–water partition coefficient (Wildman–Crippen LogP) is 2.50. The molecule has 0 fully saturated rings. The third-order valence-electron chi connectivity index (χ3n) is 0.730. The average Bonchev–Trinajstić information content (AvgIpc) is 1.68. The fourth-order valence-electron chi connectivity index (χ4n) is 0. The van der Waals surface area contributed by atoms with E-state index in [1.807, 2.05) is 34.1 Å². The first-order valence-corrected chi connectivity index (χ1v) is 3.20. The largest absolute Gasteiger partial charge is 3.00 e. The quantitative estimate of drug-likeness (QED) is 0.618. The van der Waals surface area contributed by atoms with Gasteiger partial charge in [0.15, 0.2) is 0 Å². The first-order chi connectivity index (χ1) is 4.06. The Kier molecular flexibility index (Phi) is 58.5. The Balaban J connectivity index is -0.0000000246. The van der Waals surface area contributed by atoms with Gasteiger partial charge in [0, 0.05) is 65.4 Å². The number of nitrogens with zero attached hydrogens (tertiary/aromatic N) is 1. The summed E-state index contributed by atoms with van der Waals surface area (Å²) in [6.07, 6.45) is 2.00. The SMILES string of the molecule is C[CH-]C.[CH2-]N([CH2-])C(C)C.[Y+3].[Y].[Y]. The van der Waals surface area contributed by atoms with Crippen LogP contribution in [0.4, 0.5) is 0 Å². The standard InChI is InChI=1S/C5H11N.C3H7.3Y/c1-5(2)6(3)4;1-3-2;;;/h5H,3-4H2,1-2H3;3H,1-2H3;;;/q-2;-1;;;+3. The van der Waals surface area contributed by atoms with Crippen molar-refractivity contribution < 1.29 is 98.1 Å². The minimum atomic E-state index is 0.